The maximum Gasteiger partial charge on any atom is 0.224 e. The molecule has 0 radical (unpaired) electrons. The first kappa shape index (κ1) is 12.9. The largest absolute Gasteiger partial charge is 0.357 e. The monoisotopic (exact) mass is 286 g/mol. The van der Waals surface area contributed by atoms with E-state index in [0.29, 0.717) is 22.5 Å². The summed E-state index contributed by atoms with van der Waals surface area (Å²) >= 11 is 11.9. The van der Waals surface area contributed by atoms with Crippen LogP contribution in [0.4, 0.5) is 21.8 Å². The third-order valence-corrected chi connectivity index (χ3v) is 2.74. The minimum atomic E-state index is -0.407. The Balaban J connectivity index is 2.33. The van der Waals surface area contributed by atoms with Crippen molar-refractivity contribution in [2.75, 3.05) is 17.7 Å². The summed E-state index contributed by atoms with van der Waals surface area (Å²) in [5.41, 5.74) is 0.515. The van der Waals surface area contributed by atoms with Gasteiger partial charge in [-0.3, -0.25) is 0 Å². The van der Waals surface area contributed by atoms with Crippen molar-refractivity contribution in [3.63, 3.8) is 0 Å². The van der Waals surface area contributed by atoms with Crippen molar-refractivity contribution in [2.45, 2.75) is 0 Å². The van der Waals surface area contributed by atoms with Gasteiger partial charge in [0, 0.05) is 7.05 Å². The van der Waals surface area contributed by atoms with Gasteiger partial charge in [0.2, 0.25) is 5.95 Å². The zero-order chi connectivity index (χ0) is 13.1. The fourth-order valence-electron chi connectivity index (χ4n) is 1.29. The Bertz CT molecular complexity index is 577. The van der Waals surface area contributed by atoms with Crippen LogP contribution in [0.25, 0.3) is 0 Å². The number of benzene rings is 1. The van der Waals surface area contributed by atoms with Gasteiger partial charge in [-0.05, 0) is 18.2 Å². The smallest absolute Gasteiger partial charge is 0.224 e. The lowest BCUT2D eigenvalue weighted by atomic mass is 10.3. The van der Waals surface area contributed by atoms with E-state index in [1.807, 2.05) is 0 Å². The molecule has 0 fully saturated rings. The van der Waals surface area contributed by atoms with Crippen LogP contribution in [0.3, 0.4) is 0 Å². The summed E-state index contributed by atoms with van der Waals surface area (Å²) in [4.78, 5) is 8.08. The zero-order valence-electron chi connectivity index (χ0n) is 9.34. The van der Waals surface area contributed by atoms with Crippen molar-refractivity contribution in [3.8, 4) is 0 Å². The molecule has 0 atom stereocenters. The van der Waals surface area contributed by atoms with E-state index in [1.165, 1.54) is 24.4 Å². The second-order valence-electron chi connectivity index (χ2n) is 3.39. The number of hydrogen-bond donors (Lipinski definition) is 2. The molecular formula is C11H9Cl2FN4. The molecule has 0 unspecified atom stereocenters. The van der Waals surface area contributed by atoms with Crippen molar-refractivity contribution < 1.29 is 4.39 Å². The number of hydrogen-bond acceptors (Lipinski definition) is 4. The van der Waals surface area contributed by atoms with Crippen LogP contribution in [-0.4, -0.2) is 17.0 Å². The predicted molar refractivity (Wildman–Crippen MR) is 71.3 cm³/mol. The van der Waals surface area contributed by atoms with Gasteiger partial charge in [-0.2, -0.15) is 4.98 Å². The van der Waals surface area contributed by atoms with Crippen molar-refractivity contribution >= 4 is 40.7 Å². The number of nitrogens with zero attached hydrogens (tertiary/aromatic N) is 2. The van der Waals surface area contributed by atoms with Gasteiger partial charge in [0.05, 0.1) is 16.9 Å². The molecule has 0 aliphatic heterocycles. The number of halogens is 3. The maximum atomic E-state index is 12.9. The Morgan fingerprint density at radius 1 is 1.22 bits per heavy atom. The first-order chi connectivity index (χ1) is 8.60. The summed E-state index contributed by atoms with van der Waals surface area (Å²) in [5.74, 6) is 0.403. The maximum absolute atomic E-state index is 12.9. The Hall–Kier alpha value is -1.59. The third-order valence-electron chi connectivity index (χ3n) is 2.15. The van der Waals surface area contributed by atoms with E-state index >= 15 is 0 Å². The predicted octanol–water partition coefficient (Wildman–Crippen LogP) is 3.71. The van der Waals surface area contributed by atoms with Gasteiger partial charge < -0.3 is 10.6 Å². The van der Waals surface area contributed by atoms with Gasteiger partial charge in [0.25, 0.3) is 0 Å². The quantitative estimate of drug-likeness (QED) is 0.903. The topological polar surface area (TPSA) is 49.8 Å². The van der Waals surface area contributed by atoms with Gasteiger partial charge in [0.15, 0.2) is 5.82 Å². The molecule has 0 saturated carbocycles. The Morgan fingerprint density at radius 2 is 2.00 bits per heavy atom. The SMILES string of the molecule is CNc1ncc(Cl)c(Nc2ccc(F)cc2Cl)n1. The van der Waals surface area contributed by atoms with Crippen LogP contribution >= 0.6 is 23.2 Å². The first-order valence-corrected chi connectivity index (χ1v) is 5.78. The number of rotatable bonds is 3. The molecule has 2 N–H and O–H groups in total. The van der Waals surface area contributed by atoms with Crippen LogP contribution in [0.15, 0.2) is 24.4 Å². The van der Waals surface area contributed by atoms with Crippen LogP contribution in [0.5, 0.6) is 0 Å². The molecule has 18 heavy (non-hydrogen) atoms. The molecule has 94 valence electrons. The number of aromatic nitrogens is 2. The summed E-state index contributed by atoms with van der Waals surface area (Å²) in [5, 5.41) is 6.30. The normalized spacial score (nSPS) is 10.2. The van der Waals surface area contributed by atoms with E-state index in [0.717, 1.165) is 0 Å². The van der Waals surface area contributed by atoms with E-state index in [2.05, 4.69) is 20.6 Å². The highest BCUT2D eigenvalue weighted by atomic mass is 35.5. The summed E-state index contributed by atoms with van der Waals surface area (Å²) in [6.07, 6.45) is 1.46. The second-order valence-corrected chi connectivity index (χ2v) is 4.20. The molecular weight excluding hydrogens is 278 g/mol. The molecule has 4 nitrogen and oxygen atoms in total. The van der Waals surface area contributed by atoms with E-state index in [-0.39, 0.29) is 5.02 Å². The van der Waals surface area contributed by atoms with Crippen molar-refractivity contribution in [1.29, 1.82) is 0 Å². The fourth-order valence-corrected chi connectivity index (χ4v) is 1.65. The number of anilines is 3. The Morgan fingerprint density at radius 3 is 2.67 bits per heavy atom. The summed E-state index contributed by atoms with van der Waals surface area (Å²) in [6, 6.07) is 4.01. The highest BCUT2D eigenvalue weighted by molar-refractivity contribution is 6.34. The van der Waals surface area contributed by atoms with Crippen LogP contribution in [0, 0.1) is 5.82 Å². The van der Waals surface area contributed by atoms with Crippen molar-refractivity contribution in [3.05, 3.63) is 40.3 Å². The van der Waals surface area contributed by atoms with Crippen LogP contribution in [0.1, 0.15) is 0 Å². The molecule has 1 heterocycles. The third kappa shape index (κ3) is 2.80. The van der Waals surface area contributed by atoms with E-state index in [1.54, 1.807) is 7.05 Å². The second kappa shape index (κ2) is 5.37. The lowest BCUT2D eigenvalue weighted by Gasteiger charge is -2.10. The molecule has 1 aromatic carbocycles. The molecule has 0 spiro atoms. The molecule has 0 aliphatic carbocycles. The standard InChI is InChI=1S/C11H9Cl2FN4/c1-15-11-16-5-8(13)10(18-11)17-9-3-2-6(14)4-7(9)12/h2-5H,1H3,(H2,15,16,17,18). The molecule has 0 amide bonds. The van der Waals surface area contributed by atoms with Gasteiger partial charge in [-0.1, -0.05) is 23.2 Å². The highest BCUT2D eigenvalue weighted by Crippen LogP contribution is 2.28. The summed E-state index contributed by atoms with van der Waals surface area (Å²) < 4.78 is 12.9. The fraction of sp³-hybridized carbons (Fsp3) is 0.0909. The molecule has 2 aromatic rings. The molecule has 1 aromatic heterocycles. The van der Waals surface area contributed by atoms with Crippen LogP contribution in [0.2, 0.25) is 10.0 Å². The number of nitrogens with one attached hydrogen (secondary N) is 2. The average molecular weight is 287 g/mol. The molecule has 0 aliphatic rings. The Kier molecular flexibility index (Phi) is 3.84. The molecule has 0 saturated heterocycles. The summed E-state index contributed by atoms with van der Waals surface area (Å²) in [6.45, 7) is 0. The summed E-state index contributed by atoms with van der Waals surface area (Å²) in [7, 11) is 1.69. The minimum Gasteiger partial charge on any atom is -0.357 e. The minimum absolute atomic E-state index is 0.246. The molecule has 7 heteroatoms. The van der Waals surface area contributed by atoms with Gasteiger partial charge in [-0.25, -0.2) is 9.37 Å². The van der Waals surface area contributed by atoms with Crippen molar-refractivity contribution in [1.82, 2.24) is 9.97 Å². The van der Waals surface area contributed by atoms with Crippen LogP contribution in [-0.2, 0) is 0 Å². The van der Waals surface area contributed by atoms with Gasteiger partial charge in [0.1, 0.15) is 10.8 Å². The van der Waals surface area contributed by atoms with Gasteiger partial charge in [-0.15, -0.1) is 0 Å². The zero-order valence-corrected chi connectivity index (χ0v) is 10.8. The lowest BCUT2D eigenvalue weighted by molar-refractivity contribution is 0.628. The van der Waals surface area contributed by atoms with E-state index in [4.69, 9.17) is 23.2 Å². The highest BCUT2D eigenvalue weighted by Gasteiger charge is 2.08. The molecule has 0 bridgehead atoms. The van der Waals surface area contributed by atoms with E-state index < -0.39 is 5.82 Å². The lowest BCUT2D eigenvalue weighted by Crippen LogP contribution is -2.01. The Labute approximate surface area is 113 Å². The molecule has 2 rings (SSSR count). The van der Waals surface area contributed by atoms with Gasteiger partial charge >= 0.3 is 0 Å². The first-order valence-electron chi connectivity index (χ1n) is 5.02. The van der Waals surface area contributed by atoms with Crippen molar-refractivity contribution in [2.24, 2.45) is 0 Å². The van der Waals surface area contributed by atoms with E-state index in [9.17, 15) is 4.39 Å². The van der Waals surface area contributed by atoms with Crippen LogP contribution < -0.4 is 10.6 Å². The average Bonchev–Trinajstić information content (AvgIpc) is 2.35.